The molecule has 1 aliphatic rings. The zero-order valence-corrected chi connectivity index (χ0v) is 12.7. The number of amides is 1. The summed E-state index contributed by atoms with van der Waals surface area (Å²) in [5.74, 6) is 0.0492. The molecule has 2 aromatic carbocycles. The van der Waals surface area contributed by atoms with Crippen molar-refractivity contribution in [2.75, 3.05) is 23.4 Å². The van der Waals surface area contributed by atoms with E-state index >= 15 is 0 Å². The molecule has 0 saturated heterocycles. The third kappa shape index (κ3) is 3.22. The van der Waals surface area contributed by atoms with Crippen LogP contribution >= 0.6 is 11.8 Å². The van der Waals surface area contributed by atoms with Crippen LogP contribution in [0.2, 0.25) is 0 Å². The number of thioether (sulfide) groups is 1. The standard InChI is InChI=1S/C17H18N2OS/c1-21-15-7-4-6-14(10-15)19-17(20)13-9-12-5-2-3-8-16(12)18-11-13/h2-8,10,13,18H,9,11H2,1H3,(H,19,20). The predicted octanol–water partition coefficient (Wildman–Crippen LogP) is 3.63. The number of hydrogen-bond acceptors (Lipinski definition) is 3. The first-order valence-corrected chi connectivity index (χ1v) is 8.25. The SMILES string of the molecule is CSc1cccc(NC(=O)C2CNc3ccccc3C2)c1. The summed E-state index contributed by atoms with van der Waals surface area (Å²) in [6.07, 6.45) is 2.82. The maximum absolute atomic E-state index is 12.4. The Morgan fingerprint density at radius 1 is 1.24 bits per heavy atom. The van der Waals surface area contributed by atoms with Crippen molar-refractivity contribution in [3.63, 3.8) is 0 Å². The first-order valence-electron chi connectivity index (χ1n) is 7.03. The molecule has 0 aromatic heterocycles. The van der Waals surface area contributed by atoms with Crippen molar-refractivity contribution in [1.29, 1.82) is 0 Å². The molecule has 3 rings (SSSR count). The van der Waals surface area contributed by atoms with Gasteiger partial charge in [-0.25, -0.2) is 0 Å². The number of nitrogens with one attached hydrogen (secondary N) is 2. The van der Waals surface area contributed by atoms with E-state index in [4.69, 9.17) is 0 Å². The molecule has 2 aromatic rings. The molecule has 0 spiro atoms. The van der Waals surface area contributed by atoms with E-state index in [1.54, 1.807) is 11.8 Å². The minimum Gasteiger partial charge on any atom is -0.384 e. The Hall–Kier alpha value is -1.94. The van der Waals surface area contributed by atoms with Crippen LogP contribution in [0, 0.1) is 5.92 Å². The Morgan fingerprint density at radius 2 is 2.10 bits per heavy atom. The molecule has 0 fully saturated rings. The second-order valence-electron chi connectivity index (χ2n) is 5.16. The number of para-hydroxylation sites is 1. The number of benzene rings is 2. The smallest absolute Gasteiger partial charge is 0.229 e. The molecule has 1 aliphatic heterocycles. The van der Waals surface area contributed by atoms with Crippen LogP contribution in [0.15, 0.2) is 53.4 Å². The van der Waals surface area contributed by atoms with E-state index in [-0.39, 0.29) is 11.8 Å². The lowest BCUT2D eigenvalue weighted by Crippen LogP contribution is -2.33. The van der Waals surface area contributed by atoms with Gasteiger partial charge in [0.25, 0.3) is 0 Å². The summed E-state index contributed by atoms with van der Waals surface area (Å²) in [5, 5.41) is 6.36. The van der Waals surface area contributed by atoms with Crippen LogP contribution in [-0.4, -0.2) is 18.7 Å². The summed E-state index contributed by atoms with van der Waals surface area (Å²) < 4.78 is 0. The molecule has 1 heterocycles. The minimum atomic E-state index is -0.0298. The van der Waals surface area contributed by atoms with Crippen molar-refractivity contribution in [3.8, 4) is 0 Å². The van der Waals surface area contributed by atoms with Crippen molar-refractivity contribution in [3.05, 3.63) is 54.1 Å². The maximum atomic E-state index is 12.4. The van der Waals surface area contributed by atoms with Gasteiger partial charge in [0.05, 0.1) is 5.92 Å². The number of rotatable bonds is 3. The summed E-state index contributed by atoms with van der Waals surface area (Å²) in [6, 6.07) is 16.1. The van der Waals surface area contributed by atoms with Crippen molar-refractivity contribution in [1.82, 2.24) is 0 Å². The van der Waals surface area contributed by atoms with Gasteiger partial charge in [0.1, 0.15) is 0 Å². The van der Waals surface area contributed by atoms with Gasteiger partial charge in [0, 0.05) is 22.8 Å². The van der Waals surface area contributed by atoms with E-state index < -0.39 is 0 Å². The van der Waals surface area contributed by atoms with Gasteiger partial charge in [-0.3, -0.25) is 4.79 Å². The Balaban J connectivity index is 1.69. The fraction of sp³-hybridized carbons (Fsp3) is 0.235. The van der Waals surface area contributed by atoms with E-state index in [9.17, 15) is 4.79 Å². The number of fused-ring (bicyclic) bond motifs is 1. The average molecular weight is 298 g/mol. The van der Waals surface area contributed by atoms with Crippen LogP contribution in [0.25, 0.3) is 0 Å². The zero-order chi connectivity index (χ0) is 14.7. The third-order valence-electron chi connectivity index (χ3n) is 3.73. The molecule has 1 amide bonds. The highest BCUT2D eigenvalue weighted by atomic mass is 32.2. The van der Waals surface area contributed by atoms with E-state index in [0.29, 0.717) is 6.54 Å². The Labute approximate surface area is 129 Å². The Kier molecular flexibility index (Phi) is 4.15. The first-order chi connectivity index (χ1) is 10.3. The second-order valence-corrected chi connectivity index (χ2v) is 6.04. The molecule has 108 valence electrons. The molecule has 1 atom stereocenters. The van der Waals surface area contributed by atoms with Gasteiger partial charge in [-0.2, -0.15) is 0 Å². The molecular formula is C17H18N2OS. The highest BCUT2D eigenvalue weighted by Gasteiger charge is 2.24. The molecule has 0 bridgehead atoms. The van der Waals surface area contributed by atoms with Crippen LogP contribution in [0.1, 0.15) is 5.56 Å². The van der Waals surface area contributed by atoms with Crippen molar-refractivity contribution in [2.24, 2.45) is 5.92 Å². The third-order valence-corrected chi connectivity index (χ3v) is 4.46. The Morgan fingerprint density at radius 3 is 2.95 bits per heavy atom. The van der Waals surface area contributed by atoms with Crippen LogP contribution < -0.4 is 10.6 Å². The van der Waals surface area contributed by atoms with Gasteiger partial charge in [-0.05, 0) is 42.5 Å². The topological polar surface area (TPSA) is 41.1 Å². The molecule has 2 N–H and O–H groups in total. The van der Waals surface area contributed by atoms with Crippen molar-refractivity contribution in [2.45, 2.75) is 11.3 Å². The highest BCUT2D eigenvalue weighted by Crippen LogP contribution is 2.25. The minimum absolute atomic E-state index is 0.0298. The molecular weight excluding hydrogens is 280 g/mol. The first kappa shape index (κ1) is 14.0. The predicted molar refractivity (Wildman–Crippen MR) is 89.0 cm³/mol. The Bertz CT molecular complexity index is 657. The summed E-state index contributed by atoms with van der Waals surface area (Å²) in [6.45, 7) is 0.686. The maximum Gasteiger partial charge on any atom is 0.229 e. The highest BCUT2D eigenvalue weighted by molar-refractivity contribution is 7.98. The normalized spacial score (nSPS) is 16.7. The fourth-order valence-corrected chi connectivity index (χ4v) is 3.03. The molecule has 3 nitrogen and oxygen atoms in total. The summed E-state index contributed by atoms with van der Waals surface area (Å²) >= 11 is 1.67. The lowest BCUT2D eigenvalue weighted by molar-refractivity contribution is -0.119. The van der Waals surface area contributed by atoms with Crippen molar-refractivity contribution >= 4 is 29.0 Å². The van der Waals surface area contributed by atoms with E-state index in [1.165, 1.54) is 5.56 Å². The van der Waals surface area contributed by atoms with Gasteiger partial charge < -0.3 is 10.6 Å². The van der Waals surface area contributed by atoms with Gasteiger partial charge in [0.15, 0.2) is 0 Å². The number of anilines is 2. The molecule has 0 aliphatic carbocycles. The van der Waals surface area contributed by atoms with Crippen LogP contribution in [0.3, 0.4) is 0 Å². The van der Waals surface area contributed by atoms with Gasteiger partial charge in [-0.15, -0.1) is 11.8 Å². The van der Waals surface area contributed by atoms with Gasteiger partial charge >= 0.3 is 0 Å². The number of carbonyl (C=O) groups excluding carboxylic acids is 1. The largest absolute Gasteiger partial charge is 0.384 e. The fourth-order valence-electron chi connectivity index (χ4n) is 2.57. The molecule has 0 saturated carbocycles. The van der Waals surface area contributed by atoms with Crippen LogP contribution in [0.4, 0.5) is 11.4 Å². The van der Waals surface area contributed by atoms with E-state index in [0.717, 1.165) is 22.7 Å². The summed E-state index contributed by atoms with van der Waals surface area (Å²) in [7, 11) is 0. The number of hydrogen-bond donors (Lipinski definition) is 2. The number of carbonyl (C=O) groups is 1. The molecule has 4 heteroatoms. The molecule has 21 heavy (non-hydrogen) atoms. The summed E-state index contributed by atoms with van der Waals surface area (Å²) in [5.41, 5.74) is 3.22. The van der Waals surface area contributed by atoms with E-state index in [1.807, 2.05) is 42.7 Å². The average Bonchev–Trinajstić information content (AvgIpc) is 2.54. The zero-order valence-electron chi connectivity index (χ0n) is 11.9. The quantitative estimate of drug-likeness (QED) is 0.850. The van der Waals surface area contributed by atoms with Crippen molar-refractivity contribution < 1.29 is 4.79 Å². The molecule has 1 unspecified atom stereocenters. The van der Waals surface area contributed by atoms with Crippen LogP contribution in [0.5, 0.6) is 0 Å². The van der Waals surface area contributed by atoms with Gasteiger partial charge in [-0.1, -0.05) is 24.3 Å². The lowest BCUT2D eigenvalue weighted by atomic mass is 9.93. The summed E-state index contributed by atoms with van der Waals surface area (Å²) in [4.78, 5) is 13.6. The van der Waals surface area contributed by atoms with Gasteiger partial charge in [0.2, 0.25) is 5.91 Å². The van der Waals surface area contributed by atoms with Crippen LogP contribution in [-0.2, 0) is 11.2 Å². The second kappa shape index (κ2) is 6.22. The lowest BCUT2D eigenvalue weighted by Gasteiger charge is -2.25. The molecule has 0 radical (unpaired) electrons. The monoisotopic (exact) mass is 298 g/mol. The van der Waals surface area contributed by atoms with E-state index in [2.05, 4.69) is 22.8 Å².